The lowest BCUT2D eigenvalue weighted by Gasteiger charge is -2.03. The molecule has 18 heavy (non-hydrogen) atoms. The molecule has 0 aliphatic carbocycles. The maximum absolute atomic E-state index is 13.5. The number of halogens is 1. The topological polar surface area (TPSA) is 55.4 Å². The molecule has 0 radical (unpaired) electrons. The lowest BCUT2D eigenvalue weighted by molar-refractivity contribution is -0.114. The van der Waals surface area contributed by atoms with Gasteiger partial charge in [0.2, 0.25) is 11.9 Å². The molecule has 0 heterocycles. The van der Waals surface area contributed by atoms with Crippen LogP contribution in [0.4, 0.5) is 4.39 Å². The molecule has 0 aromatic carbocycles. The van der Waals surface area contributed by atoms with E-state index in [-0.39, 0.29) is 0 Å². The van der Waals surface area contributed by atoms with Crippen molar-refractivity contribution >= 4 is 12.1 Å². The van der Waals surface area contributed by atoms with E-state index in [1.54, 1.807) is 26.0 Å². The van der Waals surface area contributed by atoms with E-state index < -0.39 is 11.9 Å². The minimum absolute atomic E-state index is 0.366. The normalized spacial score (nSPS) is 14.9. The molecule has 0 bridgehead atoms. The van der Waals surface area contributed by atoms with Crippen LogP contribution >= 0.6 is 0 Å². The number of nitrogens with two attached hydrogens (primary N) is 1. The van der Waals surface area contributed by atoms with E-state index in [0.29, 0.717) is 29.6 Å². The molecule has 0 aromatic rings. The number of primary amides is 1. The number of nitrogens with zero attached hydrogens (tertiary/aromatic N) is 1. The number of amides is 1. The van der Waals surface area contributed by atoms with E-state index in [2.05, 4.69) is 4.99 Å². The van der Waals surface area contributed by atoms with E-state index >= 15 is 0 Å². The van der Waals surface area contributed by atoms with Gasteiger partial charge in [-0.25, -0.2) is 4.99 Å². The third-order valence-electron chi connectivity index (χ3n) is 2.50. The highest BCUT2D eigenvalue weighted by Crippen LogP contribution is 2.13. The van der Waals surface area contributed by atoms with Gasteiger partial charge in [0, 0.05) is 17.4 Å². The molecular weight excluding hydrogens is 231 g/mol. The highest BCUT2D eigenvalue weighted by molar-refractivity contribution is 6.05. The molecule has 3 nitrogen and oxygen atoms in total. The summed E-state index contributed by atoms with van der Waals surface area (Å²) in [5.41, 5.74) is 6.74. The molecule has 0 aromatic heterocycles. The summed E-state index contributed by atoms with van der Waals surface area (Å²) in [7, 11) is 0. The minimum Gasteiger partial charge on any atom is -0.366 e. The molecular formula is C14H21FN2O. The Bertz CT molecular complexity index is 418. The molecule has 0 rings (SSSR count). The number of allylic oxidation sites excluding steroid dienone is 3. The summed E-state index contributed by atoms with van der Waals surface area (Å²) in [5, 5.41) is 0. The van der Waals surface area contributed by atoms with Crippen LogP contribution in [-0.4, -0.2) is 12.1 Å². The van der Waals surface area contributed by atoms with Crippen LogP contribution in [0.1, 0.15) is 40.5 Å². The predicted octanol–water partition coefficient (Wildman–Crippen LogP) is 3.44. The number of carbonyl (C=O) groups is 1. The lowest BCUT2D eigenvalue weighted by Crippen LogP contribution is -2.16. The molecule has 4 heteroatoms. The van der Waals surface area contributed by atoms with Crippen molar-refractivity contribution < 1.29 is 9.18 Å². The average Bonchev–Trinajstić information content (AvgIpc) is 2.36. The van der Waals surface area contributed by atoms with Gasteiger partial charge in [-0.1, -0.05) is 26.0 Å². The van der Waals surface area contributed by atoms with Crippen LogP contribution in [0.3, 0.4) is 0 Å². The van der Waals surface area contributed by atoms with E-state index in [1.807, 2.05) is 13.8 Å². The van der Waals surface area contributed by atoms with E-state index in [1.165, 1.54) is 6.21 Å². The van der Waals surface area contributed by atoms with Crippen molar-refractivity contribution in [3.05, 3.63) is 34.8 Å². The number of carbonyl (C=O) groups excluding carboxylic acids is 1. The third kappa shape index (κ3) is 5.08. The van der Waals surface area contributed by atoms with Crippen molar-refractivity contribution in [2.45, 2.75) is 40.5 Å². The second-order valence-electron chi connectivity index (χ2n) is 3.82. The second-order valence-corrected chi connectivity index (χ2v) is 3.82. The Morgan fingerprint density at radius 1 is 1.39 bits per heavy atom. The quantitative estimate of drug-likeness (QED) is 0.335. The Morgan fingerprint density at radius 2 is 2.00 bits per heavy atom. The first-order valence-electron chi connectivity index (χ1n) is 6.03. The Kier molecular flexibility index (Phi) is 7.59. The van der Waals surface area contributed by atoms with E-state index in [9.17, 15) is 9.18 Å². The van der Waals surface area contributed by atoms with Crippen molar-refractivity contribution in [1.82, 2.24) is 0 Å². The zero-order valence-corrected chi connectivity index (χ0v) is 11.5. The van der Waals surface area contributed by atoms with Crippen molar-refractivity contribution in [2.24, 2.45) is 10.7 Å². The van der Waals surface area contributed by atoms with Gasteiger partial charge in [0.1, 0.15) is 0 Å². The summed E-state index contributed by atoms with van der Waals surface area (Å²) in [6, 6.07) is 0. The van der Waals surface area contributed by atoms with Crippen molar-refractivity contribution in [2.75, 3.05) is 0 Å². The maximum Gasteiger partial charge on any atom is 0.249 e. The summed E-state index contributed by atoms with van der Waals surface area (Å²) in [6.45, 7) is 7.18. The summed E-state index contributed by atoms with van der Waals surface area (Å²) in [5.74, 6) is -1.05. The SMILES string of the molecule is C/C=C(\C=N/C(F)=C(\C)CC)C(=C/CC)/C(N)=O. The maximum atomic E-state index is 13.5. The first kappa shape index (κ1) is 16.3. The van der Waals surface area contributed by atoms with Crippen LogP contribution in [0.5, 0.6) is 0 Å². The number of aliphatic imine (C=N–C) groups is 1. The largest absolute Gasteiger partial charge is 0.366 e. The first-order valence-corrected chi connectivity index (χ1v) is 6.03. The van der Waals surface area contributed by atoms with Gasteiger partial charge < -0.3 is 5.73 Å². The van der Waals surface area contributed by atoms with Gasteiger partial charge in [0.05, 0.1) is 0 Å². The molecule has 1 amide bonds. The zero-order chi connectivity index (χ0) is 14.1. The van der Waals surface area contributed by atoms with Gasteiger partial charge in [0.25, 0.3) is 0 Å². The molecule has 0 aliphatic rings. The van der Waals surface area contributed by atoms with Gasteiger partial charge in [-0.15, -0.1) is 0 Å². The summed E-state index contributed by atoms with van der Waals surface area (Å²) in [6.07, 6.45) is 6.00. The summed E-state index contributed by atoms with van der Waals surface area (Å²) in [4.78, 5) is 15.0. The minimum atomic E-state index is -0.534. The Balaban J connectivity index is 5.21. The fourth-order valence-corrected chi connectivity index (χ4v) is 1.25. The molecule has 100 valence electrons. The Labute approximate surface area is 108 Å². The van der Waals surface area contributed by atoms with Gasteiger partial charge in [-0.2, -0.15) is 4.39 Å². The zero-order valence-electron chi connectivity index (χ0n) is 11.5. The molecule has 0 fully saturated rings. The fraction of sp³-hybridized carbons (Fsp3) is 0.429. The molecule has 0 unspecified atom stereocenters. The lowest BCUT2D eigenvalue weighted by atomic mass is 10.1. The standard InChI is InChI=1S/C14H21FN2O/c1-5-8-12(14(16)18)11(7-3)9-17-13(15)10(4)6-2/h7-9H,5-6H2,1-4H3,(H2,16,18)/b11-7+,12-8-,13-10+,17-9-. The van der Waals surface area contributed by atoms with Crippen LogP contribution in [0.15, 0.2) is 39.8 Å². The smallest absolute Gasteiger partial charge is 0.249 e. The summed E-state index contributed by atoms with van der Waals surface area (Å²) >= 11 is 0. The van der Waals surface area contributed by atoms with Gasteiger partial charge in [-0.3, -0.25) is 4.79 Å². The predicted molar refractivity (Wildman–Crippen MR) is 73.9 cm³/mol. The van der Waals surface area contributed by atoms with Crippen molar-refractivity contribution in [3.63, 3.8) is 0 Å². The highest BCUT2D eigenvalue weighted by Gasteiger charge is 2.08. The number of rotatable bonds is 6. The van der Waals surface area contributed by atoms with Crippen LogP contribution in [-0.2, 0) is 4.79 Å². The van der Waals surface area contributed by atoms with Crippen LogP contribution in [0, 0.1) is 0 Å². The monoisotopic (exact) mass is 252 g/mol. The number of hydrogen-bond donors (Lipinski definition) is 1. The first-order chi connectivity index (χ1) is 8.47. The van der Waals surface area contributed by atoms with Gasteiger partial charge >= 0.3 is 0 Å². The van der Waals surface area contributed by atoms with Crippen molar-refractivity contribution in [1.29, 1.82) is 0 Å². The molecule has 0 spiro atoms. The third-order valence-corrected chi connectivity index (χ3v) is 2.50. The molecule has 2 N–H and O–H groups in total. The average molecular weight is 252 g/mol. The number of hydrogen-bond acceptors (Lipinski definition) is 2. The second kappa shape index (κ2) is 8.39. The Hall–Kier alpha value is -1.71. The van der Waals surface area contributed by atoms with Crippen molar-refractivity contribution in [3.8, 4) is 0 Å². The Morgan fingerprint density at radius 3 is 2.39 bits per heavy atom. The highest BCUT2D eigenvalue weighted by atomic mass is 19.1. The molecule has 0 saturated heterocycles. The van der Waals surface area contributed by atoms with Crippen LogP contribution in [0.25, 0.3) is 0 Å². The van der Waals surface area contributed by atoms with Gasteiger partial charge in [-0.05, 0) is 32.3 Å². The van der Waals surface area contributed by atoms with Crippen LogP contribution < -0.4 is 5.73 Å². The summed E-state index contributed by atoms with van der Waals surface area (Å²) < 4.78 is 13.5. The molecule has 0 saturated carbocycles. The molecule has 0 atom stereocenters. The van der Waals surface area contributed by atoms with E-state index in [0.717, 1.165) is 0 Å². The van der Waals surface area contributed by atoms with Gasteiger partial charge in [0.15, 0.2) is 0 Å². The van der Waals surface area contributed by atoms with E-state index in [4.69, 9.17) is 5.73 Å². The molecule has 0 aliphatic heterocycles. The van der Waals surface area contributed by atoms with Crippen LogP contribution in [0.2, 0.25) is 0 Å². The fourth-order valence-electron chi connectivity index (χ4n) is 1.25.